The highest BCUT2D eigenvalue weighted by Gasteiger charge is 2.11. The number of thioether (sulfide) groups is 2. The van der Waals surface area contributed by atoms with Crippen molar-refractivity contribution in [2.75, 3.05) is 29.9 Å². The molecule has 0 saturated heterocycles. The van der Waals surface area contributed by atoms with Crippen LogP contribution in [-0.2, 0) is 4.79 Å². The quantitative estimate of drug-likeness (QED) is 0.597. The number of hydrogen-bond donors (Lipinski definition) is 1. The molecule has 0 fully saturated rings. The third-order valence-corrected chi connectivity index (χ3v) is 5.27. The maximum absolute atomic E-state index is 12.1. The number of benzene rings is 1. The molecule has 22 heavy (non-hydrogen) atoms. The normalized spacial score (nSPS) is 9.86. The Morgan fingerprint density at radius 2 is 2.05 bits per heavy atom. The molecular weight excluding hydrogens is 334 g/mol. The first kappa shape index (κ1) is 18.8. The standard InChI is InChI=1S/C15H19N3OS3/c1-3-18(4-2)15(20)22-11-14(19)17-12-7-5-6-8-13(12)21-10-9-16/h5-8H,3-4,10-11H2,1-2H3,(H,17,19). The molecule has 1 aromatic rings. The monoisotopic (exact) mass is 353 g/mol. The van der Waals surface area contributed by atoms with Crippen molar-refractivity contribution in [1.29, 1.82) is 5.26 Å². The van der Waals surface area contributed by atoms with Gasteiger partial charge in [-0.2, -0.15) is 5.26 Å². The van der Waals surface area contributed by atoms with E-state index in [0.29, 0.717) is 5.75 Å². The van der Waals surface area contributed by atoms with Crippen LogP contribution < -0.4 is 5.32 Å². The van der Waals surface area contributed by atoms with Crippen LogP contribution in [0.4, 0.5) is 5.69 Å². The summed E-state index contributed by atoms with van der Waals surface area (Å²) in [6.07, 6.45) is 0. The fourth-order valence-electron chi connectivity index (χ4n) is 1.69. The summed E-state index contributed by atoms with van der Waals surface area (Å²) in [7, 11) is 0. The van der Waals surface area contributed by atoms with Gasteiger partial charge >= 0.3 is 0 Å². The fourth-order valence-corrected chi connectivity index (χ4v) is 3.56. The number of rotatable bonds is 7. The summed E-state index contributed by atoms with van der Waals surface area (Å²) < 4.78 is 0.743. The Kier molecular flexibility index (Phi) is 8.97. The second-order valence-electron chi connectivity index (χ2n) is 4.22. The van der Waals surface area contributed by atoms with E-state index in [0.717, 1.165) is 28.0 Å². The maximum Gasteiger partial charge on any atom is 0.234 e. The summed E-state index contributed by atoms with van der Waals surface area (Å²) in [4.78, 5) is 15.0. The lowest BCUT2D eigenvalue weighted by Gasteiger charge is -2.20. The Hall–Kier alpha value is -1.23. The van der Waals surface area contributed by atoms with Crippen LogP contribution in [0.1, 0.15) is 13.8 Å². The third-order valence-electron chi connectivity index (χ3n) is 2.80. The molecular formula is C15H19N3OS3. The lowest BCUT2D eigenvalue weighted by atomic mass is 10.3. The summed E-state index contributed by atoms with van der Waals surface area (Å²) in [5.74, 6) is 0.546. The van der Waals surface area contributed by atoms with Gasteiger partial charge in [-0.15, -0.1) is 11.8 Å². The van der Waals surface area contributed by atoms with Crippen molar-refractivity contribution < 1.29 is 4.79 Å². The van der Waals surface area contributed by atoms with Gasteiger partial charge in [0.1, 0.15) is 4.32 Å². The zero-order valence-electron chi connectivity index (χ0n) is 12.7. The van der Waals surface area contributed by atoms with Gasteiger partial charge in [0.15, 0.2) is 0 Å². The van der Waals surface area contributed by atoms with Gasteiger partial charge in [-0.1, -0.05) is 36.1 Å². The number of amides is 1. The number of carbonyl (C=O) groups excluding carboxylic acids is 1. The van der Waals surface area contributed by atoms with Crippen LogP contribution in [0.2, 0.25) is 0 Å². The lowest BCUT2D eigenvalue weighted by molar-refractivity contribution is -0.113. The van der Waals surface area contributed by atoms with Gasteiger partial charge in [-0.05, 0) is 26.0 Å². The zero-order chi connectivity index (χ0) is 16.4. The molecule has 4 nitrogen and oxygen atoms in total. The van der Waals surface area contributed by atoms with E-state index in [9.17, 15) is 4.79 Å². The van der Waals surface area contributed by atoms with E-state index < -0.39 is 0 Å². The van der Waals surface area contributed by atoms with E-state index in [1.807, 2.05) is 43.0 Å². The molecule has 0 bridgehead atoms. The van der Waals surface area contributed by atoms with E-state index in [1.54, 1.807) is 0 Å². The van der Waals surface area contributed by atoms with Crippen molar-refractivity contribution >= 4 is 51.7 Å². The second-order valence-corrected chi connectivity index (χ2v) is 6.84. The van der Waals surface area contributed by atoms with E-state index in [-0.39, 0.29) is 11.7 Å². The number of hydrogen-bond acceptors (Lipinski definition) is 5. The average molecular weight is 354 g/mol. The van der Waals surface area contributed by atoms with Crippen molar-refractivity contribution in [3.05, 3.63) is 24.3 Å². The van der Waals surface area contributed by atoms with Crippen LogP contribution in [0.25, 0.3) is 0 Å². The molecule has 0 aliphatic carbocycles. The van der Waals surface area contributed by atoms with Gasteiger partial charge in [0.05, 0.1) is 23.3 Å². The van der Waals surface area contributed by atoms with Crippen LogP contribution in [0.3, 0.4) is 0 Å². The zero-order valence-corrected chi connectivity index (χ0v) is 15.1. The minimum Gasteiger partial charge on any atom is -0.358 e. The van der Waals surface area contributed by atoms with Gasteiger partial charge in [0.2, 0.25) is 5.91 Å². The van der Waals surface area contributed by atoms with Crippen molar-refractivity contribution in [3.63, 3.8) is 0 Å². The summed E-state index contributed by atoms with van der Waals surface area (Å²) in [5, 5.41) is 11.5. The Bertz CT molecular complexity index is 553. The van der Waals surface area contributed by atoms with E-state index in [4.69, 9.17) is 17.5 Å². The smallest absolute Gasteiger partial charge is 0.234 e. The summed E-state index contributed by atoms with van der Waals surface area (Å²) in [6.45, 7) is 5.77. The number of para-hydroxylation sites is 1. The average Bonchev–Trinajstić information content (AvgIpc) is 2.53. The first-order chi connectivity index (χ1) is 10.6. The Labute approximate surface area is 145 Å². The van der Waals surface area contributed by atoms with Crippen molar-refractivity contribution in [3.8, 4) is 6.07 Å². The van der Waals surface area contributed by atoms with E-state index >= 15 is 0 Å². The van der Waals surface area contributed by atoms with Gasteiger partial charge in [-0.25, -0.2) is 0 Å². The van der Waals surface area contributed by atoms with Crippen LogP contribution >= 0.6 is 35.7 Å². The number of thiocarbonyl (C=S) groups is 1. The van der Waals surface area contributed by atoms with Crippen molar-refractivity contribution in [2.24, 2.45) is 0 Å². The fraction of sp³-hybridized carbons (Fsp3) is 0.400. The highest BCUT2D eigenvalue weighted by Crippen LogP contribution is 2.26. The first-order valence-electron chi connectivity index (χ1n) is 6.92. The molecule has 1 N–H and O–H groups in total. The molecule has 1 aromatic carbocycles. The number of nitriles is 1. The maximum atomic E-state index is 12.1. The predicted molar refractivity (Wildman–Crippen MR) is 99.4 cm³/mol. The topological polar surface area (TPSA) is 56.1 Å². The highest BCUT2D eigenvalue weighted by molar-refractivity contribution is 8.23. The summed E-state index contributed by atoms with van der Waals surface area (Å²) in [5.41, 5.74) is 0.738. The molecule has 0 radical (unpaired) electrons. The van der Waals surface area contributed by atoms with Gasteiger partial charge < -0.3 is 10.2 Å². The minimum absolute atomic E-state index is 0.0930. The molecule has 7 heteroatoms. The molecule has 0 saturated carbocycles. The second kappa shape index (κ2) is 10.5. The van der Waals surface area contributed by atoms with Crippen molar-refractivity contribution in [2.45, 2.75) is 18.7 Å². The molecule has 0 unspecified atom stereocenters. The SMILES string of the molecule is CCN(CC)C(=S)SCC(=O)Nc1ccccc1SCC#N. The molecule has 0 aromatic heterocycles. The highest BCUT2D eigenvalue weighted by atomic mass is 32.2. The van der Waals surface area contributed by atoms with Crippen LogP contribution in [0.5, 0.6) is 0 Å². The van der Waals surface area contributed by atoms with Crippen LogP contribution in [-0.4, -0.2) is 39.7 Å². The Morgan fingerprint density at radius 1 is 1.36 bits per heavy atom. The largest absolute Gasteiger partial charge is 0.358 e. The number of anilines is 1. The van der Waals surface area contributed by atoms with Crippen LogP contribution in [0, 0.1) is 11.3 Å². The van der Waals surface area contributed by atoms with Crippen LogP contribution in [0.15, 0.2) is 29.2 Å². The lowest BCUT2D eigenvalue weighted by Crippen LogP contribution is -2.28. The van der Waals surface area contributed by atoms with Gasteiger partial charge in [0.25, 0.3) is 0 Å². The third kappa shape index (κ3) is 6.26. The summed E-state index contributed by atoms with van der Waals surface area (Å²) in [6, 6.07) is 9.57. The summed E-state index contributed by atoms with van der Waals surface area (Å²) >= 11 is 8.09. The number of nitrogens with one attached hydrogen (secondary N) is 1. The van der Waals surface area contributed by atoms with Gasteiger partial charge in [-0.3, -0.25) is 4.79 Å². The molecule has 0 aliphatic heterocycles. The molecule has 0 heterocycles. The molecule has 0 spiro atoms. The Balaban J connectivity index is 2.55. The number of nitrogens with zero attached hydrogens (tertiary/aromatic N) is 2. The number of carbonyl (C=O) groups is 1. The van der Waals surface area contributed by atoms with Crippen molar-refractivity contribution in [1.82, 2.24) is 4.90 Å². The first-order valence-corrected chi connectivity index (χ1v) is 9.30. The Morgan fingerprint density at radius 3 is 2.68 bits per heavy atom. The predicted octanol–water partition coefficient (Wildman–Crippen LogP) is 3.60. The molecule has 1 rings (SSSR count). The molecule has 0 aliphatic rings. The van der Waals surface area contributed by atoms with E-state index in [2.05, 4.69) is 11.4 Å². The molecule has 118 valence electrons. The van der Waals surface area contributed by atoms with E-state index in [1.165, 1.54) is 23.5 Å². The minimum atomic E-state index is -0.0930. The molecule has 1 amide bonds. The van der Waals surface area contributed by atoms with Gasteiger partial charge in [0, 0.05) is 18.0 Å². The molecule has 0 atom stereocenters.